The molecule has 0 aliphatic carbocycles. The first-order valence-electron chi connectivity index (χ1n) is 6.31. The highest BCUT2D eigenvalue weighted by Crippen LogP contribution is 2.10. The van der Waals surface area contributed by atoms with Crippen LogP contribution in [0.15, 0.2) is 0 Å². The molecular formula is C12H23N3O3. The molecule has 0 aromatic heterocycles. The summed E-state index contributed by atoms with van der Waals surface area (Å²) in [6.45, 7) is 6.60. The van der Waals surface area contributed by atoms with Gasteiger partial charge in [-0.05, 0) is 13.8 Å². The lowest BCUT2D eigenvalue weighted by Gasteiger charge is -2.38. The summed E-state index contributed by atoms with van der Waals surface area (Å²) in [6.07, 6.45) is 0.387. The minimum Gasteiger partial charge on any atom is -0.469 e. The highest BCUT2D eigenvalue weighted by molar-refractivity contribution is 5.81. The van der Waals surface area contributed by atoms with Crippen LogP contribution in [0.4, 0.5) is 0 Å². The Balaban J connectivity index is 2.39. The third-order valence-electron chi connectivity index (χ3n) is 3.33. The lowest BCUT2D eigenvalue weighted by Crippen LogP contribution is -2.54. The molecule has 18 heavy (non-hydrogen) atoms. The van der Waals surface area contributed by atoms with Gasteiger partial charge in [-0.3, -0.25) is 14.5 Å². The third kappa shape index (κ3) is 3.96. The SMILES string of the molecule is COC(=O)CC(C)N1CCN(C(=O)[C@@H](C)N)CC1. The Bertz CT molecular complexity index is 299. The molecule has 104 valence electrons. The van der Waals surface area contributed by atoms with Crippen molar-refractivity contribution in [3.05, 3.63) is 0 Å². The Hall–Kier alpha value is -1.14. The number of piperazine rings is 1. The highest BCUT2D eigenvalue weighted by Gasteiger charge is 2.26. The summed E-state index contributed by atoms with van der Waals surface area (Å²) >= 11 is 0. The number of rotatable bonds is 4. The summed E-state index contributed by atoms with van der Waals surface area (Å²) in [6, 6.07) is -0.297. The van der Waals surface area contributed by atoms with Crippen LogP contribution in [-0.2, 0) is 14.3 Å². The molecule has 1 amide bonds. The first-order chi connectivity index (χ1) is 8.45. The summed E-state index contributed by atoms with van der Waals surface area (Å²) in [5.41, 5.74) is 5.58. The van der Waals surface area contributed by atoms with Crippen LogP contribution in [0.5, 0.6) is 0 Å². The van der Waals surface area contributed by atoms with Gasteiger partial charge in [0.05, 0.1) is 19.6 Å². The van der Waals surface area contributed by atoms with E-state index in [4.69, 9.17) is 5.73 Å². The van der Waals surface area contributed by atoms with Crippen LogP contribution in [0.3, 0.4) is 0 Å². The summed E-state index contributed by atoms with van der Waals surface area (Å²) in [7, 11) is 1.40. The molecule has 6 heteroatoms. The molecule has 0 aromatic rings. The quantitative estimate of drug-likeness (QED) is 0.683. The summed E-state index contributed by atoms with van der Waals surface area (Å²) in [4.78, 5) is 26.9. The Morgan fingerprint density at radius 1 is 1.22 bits per heavy atom. The van der Waals surface area contributed by atoms with Crippen LogP contribution in [-0.4, -0.2) is 67.0 Å². The number of hydrogen-bond donors (Lipinski definition) is 1. The van der Waals surface area contributed by atoms with E-state index in [1.807, 2.05) is 6.92 Å². The molecule has 1 saturated heterocycles. The highest BCUT2D eigenvalue weighted by atomic mass is 16.5. The molecule has 1 heterocycles. The van der Waals surface area contributed by atoms with E-state index in [2.05, 4.69) is 9.64 Å². The van der Waals surface area contributed by atoms with Crippen molar-refractivity contribution in [1.29, 1.82) is 0 Å². The molecule has 0 spiro atoms. The van der Waals surface area contributed by atoms with Gasteiger partial charge in [0.2, 0.25) is 5.91 Å². The molecular weight excluding hydrogens is 234 g/mol. The fourth-order valence-corrected chi connectivity index (χ4v) is 2.12. The Kier molecular flexibility index (Phi) is 5.55. The smallest absolute Gasteiger partial charge is 0.307 e. The Labute approximate surface area is 108 Å². The maximum atomic E-state index is 11.7. The Morgan fingerprint density at radius 3 is 2.22 bits per heavy atom. The van der Waals surface area contributed by atoms with Crippen LogP contribution < -0.4 is 5.73 Å². The summed E-state index contributed by atoms with van der Waals surface area (Å²) < 4.78 is 4.66. The zero-order chi connectivity index (χ0) is 13.7. The molecule has 1 rings (SSSR count). The van der Waals surface area contributed by atoms with E-state index in [1.54, 1.807) is 11.8 Å². The van der Waals surface area contributed by atoms with Crippen molar-refractivity contribution in [3.63, 3.8) is 0 Å². The Morgan fingerprint density at radius 2 is 1.78 bits per heavy atom. The first-order valence-corrected chi connectivity index (χ1v) is 6.31. The van der Waals surface area contributed by atoms with E-state index < -0.39 is 6.04 Å². The van der Waals surface area contributed by atoms with Gasteiger partial charge < -0.3 is 15.4 Å². The van der Waals surface area contributed by atoms with Gasteiger partial charge in [0, 0.05) is 32.2 Å². The fraction of sp³-hybridized carbons (Fsp3) is 0.833. The van der Waals surface area contributed by atoms with E-state index in [0.29, 0.717) is 19.5 Å². The van der Waals surface area contributed by atoms with Crippen molar-refractivity contribution in [2.24, 2.45) is 5.73 Å². The largest absolute Gasteiger partial charge is 0.469 e. The average molecular weight is 257 g/mol. The maximum absolute atomic E-state index is 11.7. The number of hydrogen-bond acceptors (Lipinski definition) is 5. The van der Waals surface area contributed by atoms with E-state index in [0.717, 1.165) is 13.1 Å². The van der Waals surface area contributed by atoms with Gasteiger partial charge in [-0.15, -0.1) is 0 Å². The minimum atomic E-state index is -0.441. The normalized spacial score (nSPS) is 20.3. The molecule has 0 saturated carbocycles. The molecule has 2 N–H and O–H groups in total. The maximum Gasteiger partial charge on any atom is 0.307 e. The van der Waals surface area contributed by atoms with Gasteiger partial charge in [-0.2, -0.15) is 0 Å². The molecule has 1 aliphatic rings. The zero-order valence-electron chi connectivity index (χ0n) is 11.4. The number of nitrogens with two attached hydrogens (primary N) is 1. The molecule has 1 aliphatic heterocycles. The van der Waals surface area contributed by atoms with Crippen molar-refractivity contribution in [3.8, 4) is 0 Å². The van der Waals surface area contributed by atoms with Crippen molar-refractivity contribution in [2.75, 3.05) is 33.3 Å². The molecule has 1 unspecified atom stereocenters. The average Bonchev–Trinajstić information content (AvgIpc) is 2.37. The molecule has 0 radical (unpaired) electrons. The summed E-state index contributed by atoms with van der Waals surface area (Å²) in [5, 5.41) is 0. The molecule has 0 bridgehead atoms. The molecule has 6 nitrogen and oxygen atoms in total. The van der Waals surface area contributed by atoms with E-state index in [9.17, 15) is 9.59 Å². The lowest BCUT2D eigenvalue weighted by atomic mass is 10.1. The number of methoxy groups -OCH3 is 1. The number of esters is 1. The molecule has 2 atom stereocenters. The van der Waals surface area contributed by atoms with Crippen LogP contribution in [0.25, 0.3) is 0 Å². The topological polar surface area (TPSA) is 75.9 Å². The minimum absolute atomic E-state index is 0.00438. The fourth-order valence-electron chi connectivity index (χ4n) is 2.12. The van der Waals surface area contributed by atoms with E-state index >= 15 is 0 Å². The van der Waals surface area contributed by atoms with Crippen molar-refractivity contribution in [2.45, 2.75) is 32.4 Å². The predicted molar refractivity (Wildman–Crippen MR) is 67.9 cm³/mol. The standard InChI is InChI=1S/C12H23N3O3/c1-9(8-11(16)18-3)14-4-6-15(7-5-14)12(17)10(2)13/h9-10H,4-8,13H2,1-3H3/t9?,10-/m1/s1. The number of carbonyl (C=O) groups is 2. The van der Waals surface area contributed by atoms with E-state index in [-0.39, 0.29) is 17.9 Å². The number of nitrogens with zero attached hydrogens (tertiary/aromatic N) is 2. The van der Waals surface area contributed by atoms with E-state index in [1.165, 1.54) is 7.11 Å². The van der Waals surface area contributed by atoms with Crippen LogP contribution in [0, 0.1) is 0 Å². The van der Waals surface area contributed by atoms with Gasteiger partial charge in [0.15, 0.2) is 0 Å². The van der Waals surface area contributed by atoms with Crippen LogP contribution in [0.1, 0.15) is 20.3 Å². The molecule has 0 aromatic carbocycles. The number of ether oxygens (including phenoxy) is 1. The zero-order valence-corrected chi connectivity index (χ0v) is 11.4. The second kappa shape index (κ2) is 6.70. The second-order valence-electron chi connectivity index (χ2n) is 4.78. The van der Waals surface area contributed by atoms with Gasteiger partial charge >= 0.3 is 5.97 Å². The van der Waals surface area contributed by atoms with Crippen molar-refractivity contribution in [1.82, 2.24) is 9.80 Å². The van der Waals surface area contributed by atoms with Gasteiger partial charge in [0.1, 0.15) is 0 Å². The number of amides is 1. The number of carbonyl (C=O) groups excluding carboxylic acids is 2. The predicted octanol–water partition coefficient (Wildman–Crippen LogP) is -0.571. The monoisotopic (exact) mass is 257 g/mol. The lowest BCUT2D eigenvalue weighted by molar-refractivity contribution is -0.143. The third-order valence-corrected chi connectivity index (χ3v) is 3.33. The van der Waals surface area contributed by atoms with Crippen LogP contribution in [0.2, 0.25) is 0 Å². The van der Waals surface area contributed by atoms with Gasteiger partial charge in [0.25, 0.3) is 0 Å². The summed E-state index contributed by atoms with van der Waals surface area (Å²) in [5.74, 6) is -0.202. The molecule has 1 fully saturated rings. The van der Waals surface area contributed by atoms with Crippen LogP contribution >= 0.6 is 0 Å². The van der Waals surface area contributed by atoms with Crippen molar-refractivity contribution >= 4 is 11.9 Å². The second-order valence-corrected chi connectivity index (χ2v) is 4.78. The van der Waals surface area contributed by atoms with Gasteiger partial charge in [-0.25, -0.2) is 0 Å². The first kappa shape index (κ1) is 14.9. The van der Waals surface area contributed by atoms with Crippen molar-refractivity contribution < 1.29 is 14.3 Å². The van der Waals surface area contributed by atoms with Gasteiger partial charge in [-0.1, -0.05) is 0 Å².